The second kappa shape index (κ2) is 17.5. The highest BCUT2D eigenvalue weighted by Gasteiger charge is 2.03. The largest absolute Gasteiger partial charge is 0.382 e. The van der Waals surface area contributed by atoms with Gasteiger partial charge in [0.1, 0.15) is 0 Å². The minimum Gasteiger partial charge on any atom is -0.382 e. The summed E-state index contributed by atoms with van der Waals surface area (Å²) in [5.41, 5.74) is 1.20. The van der Waals surface area contributed by atoms with Crippen LogP contribution in [0.25, 0.3) is 0 Å². The van der Waals surface area contributed by atoms with Gasteiger partial charge in [-0.05, 0) is 18.4 Å². The van der Waals surface area contributed by atoms with Crippen molar-refractivity contribution in [1.82, 2.24) is 10.6 Å². The lowest BCUT2D eigenvalue weighted by atomic mass is 10.2. The highest BCUT2D eigenvalue weighted by Crippen LogP contribution is 2.03. The van der Waals surface area contributed by atoms with Crippen molar-refractivity contribution < 1.29 is 14.2 Å². The Hall–Kier alpha value is -0.900. The van der Waals surface area contributed by atoms with Crippen molar-refractivity contribution in [1.29, 1.82) is 0 Å². The summed E-state index contributed by atoms with van der Waals surface area (Å²) in [5, 5.41) is 6.51. The van der Waals surface area contributed by atoms with Crippen LogP contribution in [0.4, 0.5) is 0 Å². The fourth-order valence-electron chi connectivity index (χ4n) is 2.08. The van der Waals surface area contributed by atoms with E-state index in [1.54, 1.807) is 7.11 Å². The Kier molecular flexibility index (Phi) is 16.9. The number of benzene rings is 1. The lowest BCUT2D eigenvalue weighted by Gasteiger charge is -2.14. The molecule has 26 heavy (non-hydrogen) atoms. The first kappa shape index (κ1) is 25.1. The average molecular weight is 479 g/mol. The Morgan fingerprint density at radius 1 is 1.08 bits per heavy atom. The van der Waals surface area contributed by atoms with Gasteiger partial charge in [-0.1, -0.05) is 37.3 Å². The minimum atomic E-state index is 0. The molecule has 0 aliphatic heterocycles. The second-order valence-corrected chi connectivity index (χ2v) is 5.86. The van der Waals surface area contributed by atoms with Crippen LogP contribution in [-0.2, 0) is 20.8 Å². The van der Waals surface area contributed by atoms with Gasteiger partial charge in [0.2, 0.25) is 0 Å². The quantitative estimate of drug-likeness (QED) is 0.197. The molecular formula is C19H34IN3O3. The highest BCUT2D eigenvalue weighted by atomic mass is 127. The van der Waals surface area contributed by atoms with Crippen LogP contribution >= 0.6 is 24.0 Å². The number of aliphatic imine (C=N–C) groups is 1. The molecule has 1 aromatic carbocycles. The fourth-order valence-corrected chi connectivity index (χ4v) is 2.08. The van der Waals surface area contributed by atoms with Crippen LogP contribution in [0.2, 0.25) is 0 Å². The van der Waals surface area contributed by atoms with E-state index in [-0.39, 0.29) is 24.0 Å². The van der Waals surface area contributed by atoms with Crippen molar-refractivity contribution in [2.24, 2.45) is 10.9 Å². The molecule has 0 saturated carbocycles. The van der Waals surface area contributed by atoms with Gasteiger partial charge in [0, 0.05) is 26.7 Å². The highest BCUT2D eigenvalue weighted by molar-refractivity contribution is 14.0. The van der Waals surface area contributed by atoms with E-state index >= 15 is 0 Å². The number of hydrogen-bond donors (Lipinski definition) is 2. The van der Waals surface area contributed by atoms with Crippen molar-refractivity contribution in [3.05, 3.63) is 35.9 Å². The van der Waals surface area contributed by atoms with Crippen LogP contribution in [0.15, 0.2) is 35.3 Å². The van der Waals surface area contributed by atoms with E-state index < -0.39 is 0 Å². The summed E-state index contributed by atoms with van der Waals surface area (Å²) < 4.78 is 16.1. The van der Waals surface area contributed by atoms with Gasteiger partial charge >= 0.3 is 0 Å². The van der Waals surface area contributed by atoms with Gasteiger partial charge in [0.05, 0.1) is 33.0 Å². The van der Waals surface area contributed by atoms with E-state index in [9.17, 15) is 0 Å². The predicted molar refractivity (Wildman–Crippen MR) is 117 cm³/mol. The zero-order valence-corrected chi connectivity index (χ0v) is 18.5. The van der Waals surface area contributed by atoms with Crippen molar-refractivity contribution in [2.75, 3.05) is 53.2 Å². The van der Waals surface area contributed by atoms with Gasteiger partial charge in [-0.2, -0.15) is 0 Å². The summed E-state index contributed by atoms with van der Waals surface area (Å²) in [6, 6.07) is 10.2. The number of rotatable bonds is 13. The molecule has 0 aliphatic rings. The third kappa shape index (κ3) is 13.3. The minimum absolute atomic E-state index is 0. The Morgan fingerprint density at radius 2 is 1.85 bits per heavy atom. The third-order valence-corrected chi connectivity index (χ3v) is 3.39. The molecule has 1 rings (SSSR count). The van der Waals surface area contributed by atoms with E-state index in [2.05, 4.69) is 41.6 Å². The van der Waals surface area contributed by atoms with Gasteiger partial charge < -0.3 is 24.8 Å². The van der Waals surface area contributed by atoms with Gasteiger partial charge in [0.25, 0.3) is 0 Å². The zero-order chi connectivity index (χ0) is 18.2. The SMILES string of the molecule is CCNC(=NCC(C)COCc1ccccc1)NCCOCCOC.I. The van der Waals surface area contributed by atoms with Crippen LogP contribution in [0.1, 0.15) is 19.4 Å². The van der Waals surface area contributed by atoms with Crippen LogP contribution in [0, 0.1) is 5.92 Å². The molecule has 0 fully saturated rings. The van der Waals surface area contributed by atoms with Crippen molar-refractivity contribution in [3.63, 3.8) is 0 Å². The maximum atomic E-state index is 5.77. The number of hydrogen-bond acceptors (Lipinski definition) is 4. The van der Waals surface area contributed by atoms with Gasteiger partial charge in [0.15, 0.2) is 5.96 Å². The third-order valence-electron chi connectivity index (χ3n) is 3.39. The second-order valence-electron chi connectivity index (χ2n) is 5.86. The summed E-state index contributed by atoms with van der Waals surface area (Å²) in [7, 11) is 1.67. The van der Waals surface area contributed by atoms with Gasteiger partial charge in [-0.25, -0.2) is 0 Å². The summed E-state index contributed by atoms with van der Waals surface area (Å²) >= 11 is 0. The van der Waals surface area contributed by atoms with Crippen molar-refractivity contribution >= 4 is 29.9 Å². The van der Waals surface area contributed by atoms with Crippen LogP contribution in [0.5, 0.6) is 0 Å². The van der Waals surface area contributed by atoms with Crippen LogP contribution in [-0.4, -0.2) is 59.1 Å². The molecule has 1 aromatic rings. The summed E-state index contributed by atoms with van der Waals surface area (Å²) in [5.74, 6) is 1.17. The smallest absolute Gasteiger partial charge is 0.191 e. The van der Waals surface area contributed by atoms with E-state index in [0.717, 1.165) is 12.5 Å². The summed E-state index contributed by atoms with van der Waals surface area (Å²) in [4.78, 5) is 4.61. The molecule has 1 unspecified atom stereocenters. The topological polar surface area (TPSA) is 64.1 Å². The first-order valence-electron chi connectivity index (χ1n) is 8.96. The number of nitrogens with zero attached hydrogens (tertiary/aromatic N) is 1. The molecule has 7 heteroatoms. The molecule has 6 nitrogen and oxygen atoms in total. The summed E-state index contributed by atoms with van der Waals surface area (Å²) in [6.45, 7) is 9.66. The molecule has 2 N–H and O–H groups in total. The molecule has 0 spiro atoms. The Bertz CT molecular complexity index is 461. The maximum Gasteiger partial charge on any atom is 0.191 e. The van der Waals surface area contributed by atoms with E-state index in [4.69, 9.17) is 14.2 Å². The normalized spacial score (nSPS) is 12.3. The number of halogens is 1. The standard InChI is InChI=1S/C19H33N3O3.HI/c1-4-20-19(21-10-11-24-13-12-23-3)22-14-17(2)15-25-16-18-8-6-5-7-9-18;/h5-9,17H,4,10-16H2,1-3H3,(H2,20,21,22);1H. The molecule has 150 valence electrons. The maximum absolute atomic E-state index is 5.77. The molecule has 0 saturated heterocycles. The Labute approximate surface area is 175 Å². The molecule has 0 bridgehead atoms. The molecule has 0 radical (unpaired) electrons. The molecule has 0 aliphatic carbocycles. The van der Waals surface area contributed by atoms with Gasteiger partial charge in [-0.3, -0.25) is 4.99 Å². The van der Waals surface area contributed by atoms with Crippen LogP contribution < -0.4 is 10.6 Å². The number of nitrogens with one attached hydrogen (secondary N) is 2. The van der Waals surface area contributed by atoms with E-state index in [0.29, 0.717) is 52.0 Å². The predicted octanol–water partition coefficient (Wildman–Crippen LogP) is 2.68. The molecule has 0 heterocycles. The lowest BCUT2D eigenvalue weighted by Crippen LogP contribution is -2.39. The number of ether oxygens (including phenoxy) is 3. The first-order chi connectivity index (χ1) is 12.3. The number of methoxy groups -OCH3 is 1. The van der Waals surface area contributed by atoms with E-state index in [1.165, 1.54) is 5.56 Å². The Balaban J connectivity index is 0.00000625. The number of guanidine groups is 1. The molecule has 0 aromatic heterocycles. The van der Waals surface area contributed by atoms with Crippen molar-refractivity contribution in [3.8, 4) is 0 Å². The first-order valence-corrected chi connectivity index (χ1v) is 8.96. The average Bonchev–Trinajstić information content (AvgIpc) is 2.63. The molecule has 1 atom stereocenters. The van der Waals surface area contributed by atoms with Crippen molar-refractivity contribution in [2.45, 2.75) is 20.5 Å². The molecule has 0 amide bonds. The zero-order valence-electron chi connectivity index (χ0n) is 16.2. The molecular weight excluding hydrogens is 445 g/mol. The Morgan fingerprint density at radius 3 is 2.54 bits per heavy atom. The van der Waals surface area contributed by atoms with E-state index in [1.807, 2.05) is 18.2 Å². The summed E-state index contributed by atoms with van der Waals surface area (Å²) in [6.07, 6.45) is 0. The van der Waals surface area contributed by atoms with Gasteiger partial charge in [-0.15, -0.1) is 24.0 Å². The fraction of sp³-hybridized carbons (Fsp3) is 0.632. The van der Waals surface area contributed by atoms with Crippen LogP contribution in [0.3, 0.4) is 0 Å². The lowest BCUT2D eigenvalue weighted by molar-refractivity contribution is 0.0733. The monoisotopic (exact) mass is 479 g/mol.